The molecule has 0 amide bonds. The van der Waals surface area contributed by atoms with Gasteiger partial charge < -0.3 is 10.1 Å². The average molecular weight is 293 g/mol. The van der Waals surface area contributed by atoms with Crippen LogP contribution in [0.4, 0.5) is 19.0 Å². The molecule has 0 spiro atoms. The van der Waals surface area contributed by atoms with Crippen molar-refractivity contribution in [2.24, 2.45) is 0 Å². The molecule has 0 saturated heterocycles. The van der Waals surface area contributed by atoms with Gasteiger partial charge in [-0.25, -0.2) is 0 Å². The highest BCUT2D eigenvalue weighted by atomic mass is 19.4. The Morgan fingerprint density at radius 3 is 2.62 bits per heavy atom. The van der Waals surface area contributed by atoms with Crippen LogP contribution in [-0.4, -0.2) is 12.0 Å². The van der Waals surface area contributed by atoms with Crippen molar-refractivity contribution in [2.75, 3.05) is 12.4 Å². The van der Waals surface area contributed by atoms with Crippen molar-refractivity contribution in [3.8, 4) is 17.7 Å². The number of rotatable bonds is 3. The van der Waals surface area contributed by atoms with Crippen LogP contribution in [0.25, 0.3) is 0 Å². The topological polar surface area (TPSA) is 57.9 Å². The summed E-state index contributed by atoms with van der Waals surface area (Å²) in [6, 6.07) is 9.47. The molecule has 21 heavy (non-hydrogen) atoms. The quantitative estimate of drug-likeness (QED) is 0.935. The van der Waals surface area contributed by atoms with Gasteiger partial charge in [0.05, 0.1) is 17.2 Å². The molecule has 1 aromatic carbocycles. The van der Waals surface area contributed by atoms with Gasteiger partial charge in [-0.05, 0) is 24.3 Å². The smallest absolute Gasteiger partial charge is 0.420 e. The fraction of sp³-hybridized carbons (Fsp3) is 0.143. The molecule has 108 valence electrons. The molecule has 0 radical (unpaired) electrons. The number of alkyl halides is 3. The van der Waals surface area contributed by atoms with Crippen molar-refractivity contribution in [1.82, 2.24) is 4.98 Å². The number of benzene rings is 1. The SMILES string of the molecule is CNc1cccc(Oc2ccc(C#N)cc2C(F)(F)F)n1. The number of anilines is 1. The molecule has 0 atom stereocenters. The van der Waals surface area contributed by atoms with Crippen LogP contribution in [0.1, 0.15) is 11.1 Å². The summed E-state index contributed by atoms with van der Waals surface area (Å²) < 4.78 is 44.2. The zero-order valence-corrected chi connectivity index (χ0v) is 10.9. The summed E-state index contributed by atoms with van der Waals surface area (Å²) in [5.41, 5.74) is -1.11. The number of ether oxygens (including phenoxy) is 1. The van der Waals surface area contributed by atoms with Gasteiger partial charge in [0, 0.05) is 13.1 Å². The monoisotopic (exact) mass is 293 g/mol. The molecule has 1 heterocycles. The number of aromatic nitrogens is 1. The Morgan fingerprint density at radius 2 is 2.00 bits per heavy atom. The van der Waals surface area contributed by atoms with E-state index in [4.69, 9.17) is 10.00 Å². The first kappa shape index (κ1) is 14.7. The molecule has 2 aromatic rings. The molecule has 0 bridgehead atoms. The minimum Gasteiger partial charge on any atom is -0.438 e. The normalized spacial score (nSPS) is 10.8. The molecule has 0 fully saturated rings. The third-order valence-corrected chi connectivity index (χ3v) is 2.61. The second kappa shape index (κ2) is 5.71. The number of nitriles is 1. The Hall–Kier alpha value is -2.75. The summed E-state index contributed by atoms with van der Waals surface area (Å²) >= 11 is 0. The van der Waals surface area contributed by atoms with Crippen LogP contribution in [0, 0.1) is 11.3 Å². The van der Waals surface area contributed by atoms with Crippen molar-refractivity contribution in [2.45, 2.75) is 6.18 Å². The lowest BCUT2D eigenvalue weighted by Crippen LogP contribution is -2.08. The molecule has 0 saturated carbocycles. The third-order valence-electron chi connectivity index (χ3n) is 2.61. The van der Waals surface area contributed by atoms with Gasteiger partial charge in [-0.1, -0.05) is 6.07 Å². The number of halogens is 3. The van der Waals surface area contributed by atoms with E-state index in [2.05, 4.69) is 10.3 Å². The lowest BCUT2D eigenvalue weighted by Gasteiger charge is -2.13. The molecule has 2 rings (SSSR count). The molecule has 7 heteroatoms. The first-order chi connectivity index (χ1) is 9.94. The zero-order valence-electron chi connectivity index (χ0n) is 10.9. The maximum Gasteiger partial charge on any atom is 0.420 e. The number of nitrogens with zero attached hydrogens (tertiary/aromatic N) is 2. The summed E-state index contributed by atoms with van der Waals surface area (Å²) in [4.78, 5) is 3.99. The molecule has 1 N–H and O–H groups in total. The van der Waals surface area contributed by atoms with Crippen LogP contribution in [-0.2, 0) is 6.18 Å². The standard InChI is InChI=1S/C14H10F3N3O/c1-19-12-3-2-4-13(20-12)21-11-6-5-9(8-18)7-10(11)14(15,16)17/h2-7H,1H3,(H,19,20). The maximum atomic E-state index is 13.0. The predicted octanol–water partition coefficient (Wildman–Crippen LogP) is 3.81. The van der Waals surface area contributed by atoms with Crippen LogP contribution < -0.4 is 10.1 Å². The second-order valence-corrected chi connectivity index (χ2v) is 4.03. The van der Waals surface area contributed by atoms with Gasteiger partial charge in [-0.2, -0.15) is 23.4 Å². The van der Waals surface area contributed by atoms with E-state index in [1.165, 1.54) is 12.1 Å². The molecule has 0 aliphatic heterocycles. The minimum absolute atomic E-state index is 0.0251. The van der Waals surface area contributed by atoms with Crippen molar-refractivity contribution in [1.29, 1.82) is 5.26 Å². The van der Waals surface area contributed by atoms with Crippen molar-refractivity contribution in [3.05, 3.63) is 47.5 Å². The molecule has 1 aromatic heterocycles. The number of nitrogens with one attached hydrogen (secondary N) is 1. The van der Waals surface area contributed by atoms with Gasteiger partial charge in [0.25, 0.3) is 0 Å². The number of hydrogen-bond acceptors (Lipinski definition) is 4. The van der Waals surface area contributed by atoms with E-state index >= 15 is 0 Å². The minimum atomic E-state index is -4.62. The van der Waals surface area contributed by atoms with Crippen LogP contribution in [0.15, 0.2) is 36.4 Å². The van der Waals surface area contributed by atoms with E-state index < -0.39 is 17.5 Å². The van der Waals surface area contributed by atoms with Gasteiger partial charge in [-0.3, -0.25) is 0 Å². The van der Waals surface area contributed by atoms with E-state index in [-0.39, 0.29) is 11.4 Å². The van der Waals surface area contributed by atoms with E-state index in [1.807, 2.05) is 0 Å². The fourth-order valence-electron chi connectivity index (χ4n) is 1.63. The second-order valence-electron chi connectivity index (χ2n) is 4.03. The summed E-state index contributed by atoms with van der Waals surface area (Å²) in [7, 11) is 1.63. The Kier molecular flexibility index (Phi) is 3.98. The van der Waals surface area contributed by atoms with Crippen LogP contribution in [0.3, 0.4) is 0 Å². The first-order valence-electron chi connectivity index (χ1n) is 5.88. The summed E-state index contributed by atoms with van der Waals surface area (Å²) in [6.45, 7) is 0. The van der Waals surface area contributed by atoms with E-state index in [0.717, 1.165) is 12.1 Å². The number of pyridine rings is 1. The Morgan fingerprint density at radius 1 is 1.24 bits per heavy atom. The van der Waals surface area contributed by atoms with Crippen LogP contribution >= 0.6 is 0 Å². The maximum absolute atomic E-state index is 13.0. The predicted molar refractivity (Wildman–Crippen MR) is 70.0 cm³/mol. The highest BCUT2D eigenvalue weighted by molar-refractivity contribution is 5.45. The largest absolute Gasteiger partial charge is 0.438 e. The lowest BCUT2D eigenvalue weighted by atomic mass is 10.1. The summed E-state index contributed by atoms with van der Waals surface area (Å²) in [5.74, 6) is 0.0917. The highest BCUT2D eigenvalue weighted by Crippen LogP contribution is 2.38. The van der Waals surface area contributed by atoms with Gasteiger partial charge in [0.1, 0.15) is 11.6 Å². The van der Waals surface area contributed by atoms with Crippen molar-refractivity contribution >= 4 is 5.82 Å². The molecule has 0 aliphatic rings. The van der Waals surface area contributed by atoms with Gasteiger partial charge in [0.15, 0.2) is 0 Å². The molecule has 4 nitrogen and oxygen atoms in total. The van der Waals surface area contributed by atoms with Gasteiger partial charge >= 0.3 is 6.18 Å². The Bertz CT molecular complexity index is 693. The average Bonchev–Trinajstić information content (AvgIpc) is 2.46. The van der Waals surface area contributed by atoms with Gasteiger partial charge in [0.2, 0.25) is 5.88 Å². The molecule has 0 unspecified atom stereocenters. The Balaban J connectivity index is 2.42. The molecule has 0 aliphatic carbocycles. The third kappa shape index (κ3) is 3.42. The summed E-state index contributed by atoms with van der Waals surface area (Å²) in [6.07, 6.45) is -4.62. The zero-order chi connectivity index (χ0) is 15.5. The molecular formula is C14H10F3N3O. The fourth-order valence-corrected chi connectivity index (χ4v) is 1.63. The van der Waals surface area contributed by atoms with Gasteiger partial charge in [-0.15, -0.1) is 0 Å². The lowest BCUT2D eigenvalue weighted by molar-refractivity contribution is -0.138. The molecular weight excluding hydrogens is 283 g/mol. The Labute approximate surface area is 118 Å². The number of hydrogen-bond donors (Lipinski definition) is 1. The summed E-state index contributed by atoms with van der Waals surface area (Å²) in [5, 5.41) is 11.5. The van der Waals surface area contributed by atoms with Crippen LogP contribution in [0.5, 0.6) is 11.6 Å². The van der Waals surface area contributed by atoms with E-state index in [1.54, 1.807) is 25.2 Å². The van der Waals surface area contributed by atoms with E-state index in [0.29, 0.717) is 5.82 Å². The highest BCUT2D eigenvalue weighted by Gasteiger charge is 2.35. The van der Waals surface area contributed by atoms with Crippen molar-refractivity contribution < 1.29 is 17.9 Å². The van der Waals surface area contributed by atoms with Crippen molar-refractivity contribution in [3.63, 3.8) is 0 Å². The van der Waals surface area contributed by atoms with Crippen LogP contribution in [0.2, 0.25) is 0 Å². The first-order valence-corrected chi connectivity index (χ1v) is 5.88. The van der Waals surface area contributed by atoms with E-state index in [9.17, 15) is 13.2 Å².